The fraction of sp³-hybridized carbons (Fsp3) is 0.231. The predicted molar refractivity (Wildman–Crippen MR) is 70.7 cm³/mol. The van der Waals surface area contributed by atoms with E-state index in [9.17, 15) is 4.39 Å². The molecule has 0 bridgehead atoms. The van der Waals surface area contributed by atoms with Gasteiger partial charge in [-0.05, 0) is 25.1 Å². The van der Waals surface area contributed by atoms with Gasteiger partial charge in [0, 0.05) is 18.4 Å². The average molecular weight is 273 g/mol. The van der Waals surface area contributed by atoms with E-state index in [1.165, 1.54) is 18.5 Å². The predicted octanol–water partition coefficient (Wildman–Crippen LogP) is 2.11. The van der Waals surface area contributed by atoms with Gasteiger partial charge in [0.25, 0.3) is 0 Å². The van der Waals surface area contributed by atoms with Gasteiger partial charge in [-0.1, -0.05) is 5.16 Å². The maximum Gasteiger partial charge on any atom is 0.228 e. The van der Waals surface area contributed by atoms with Gasteiger partial charge in [-0.25, -0.2) is 14.4 Å². The van der Waals surface area contributed by atoms with E-state index >= 15 is 0 Å². The zero-order valence-electron chi connectivity index (χ0n) is 10.8. The molecule has 0 atom stereocenters. The van der Waals surface area contributed by atoms with Crippen molar-refractivity contribution in [3.63, 3.8) is 0 Å². The Morgan fingerprint density at radius 2 is 2.20 bits per heavy atom. The summed E-state index contributed by atoms with van der Waals surface area (Å²) >= 11 is 0. The quantitative estimate of drug-likeness (QED) is 0.784. The van der Waals surface area contributed by atoms with Gasteiger partial charge in [0.2, 0.25) is 5.89 Å². The standard InChI is InChI=1S/C13H12FN5O/c1-8-18-12(20-19-8)4-5-15-13-10-6-9(14)2-3-11(10)16-7-17-13/h2-3,6-7H,4-5H2,1H3,(H,15,16,17). The Morgan fingerprint density at radius 1 is 1.30 bits per heavy atom. The third-order valence-electron chi connectivity index (χ3n) is 2.80. The van der Waals surface area contributed by atoms with E-state index in [1.54, 1.807) is 13.0 Å². The van der Waals surface area contributed by atoms with E-state index < -0.39 is 0 Å². The summed E-state index contributed by atoms with van der Waals surface area (Å²) in [6.45, 7) is 2.32. The number of aromatic nitrogens is 4. The van der Waals surface area contributed by atoms with E-state index in [0.717, 1.165) is 0 Å². The lowest BCUT2D eigenvalue weighted by Crippen LogP contribution is -2.07. The molecule has 6 nitrogen and oxygen atoms in total. The van der Waals surface area contributed by atoms with Crippen molar-refractivity contribution in [1.82, 2.24) is 20.1 Å². The number of anilines is 1. The first-order valence-corrected chi connectivity index (χ1v) is 6.16. The summed E-state index contributed by atoms with van der Waals surface area (Å²) in [6, 6.07) is 4.41. The number of hydrogen-bond acceptors (Lipinski definition) is 6. The van der Waals surface area contributed by atoms with E-state index in [2.05, 4.69) is 25.4 Å². The molecule has 0 spiro atoms. The molecule has 7 heteroatoms. The van der Waals surface area contributed by atoms with Crippen LogP contribution in [0.2, 0.25) is 0 Å². The fourth-order valence-electron chi connectivity index (χ4n) is 1.90. The Morgan fingerprint density at radius 3 is 3.00 bits per heavy atom. The van der Waals surface area contributed by atoms with Gasteiger partial charge in [0.1, 0.15) is 18.0 Å². The first-order valence-electron chi connectivity index (χ1n) is 6.16. The monoisotopic (exact) mass is 273 g/mol. The van der Waals surface area contributed by atoms with Crippen LogP contribution in [-0.2, 0) is 6.42 Å². The second-order valence-electron chi connectivity index (χ2n) is 4.30. The zero-order chi connectivity index (χ0) is 13.9. The van der Waals surface area contributed by atoms with Crippen LogP contribution in [-0.4, -0.2) is 26.7 Å². The molecule has 0 fully saturated rings. The van der Waals surface area contributed by atoms with Gasteiger partial charge >= 0.3 is 0 Å². The molecule has 0 saturated heterocycles. The van der Waals surface area contributed by atoms with Crippen LogP contribution < -0.4 is 5.32 Å². The summed E-state index contributed by atoms with van der Waals surface area (Å²) in [5.74, 6) is 1.43. The minimum absolute atomic E-state index is 0.317. The van der Waals surface area contributed by atoms with Crippen molar-refractivity contribution >= 4 is 16.7 Å². The summed E-state index contributed by atoms with van der Waals surface area (Å²) in [6.07, 6.45) is 2.01. The number of nitrogens with one attached hydrogen (secondary N) is 1. The number of halogens is 1. The molecule has 2 heterocycles. The number of fused-ring (bicyclic) bond motifs is 1. The molecule has 0 unspecified atom stereocenters. The van der Waals surface area contributed by atoms with Crippen LogP contribution in [0.15, 0.2) is 29.0 Å². The molecule has 3 rings (SSSR count). The minimum Gasteiger partial charge on any atom is -0.369 e. The van der Waals surface area contributed by atoms with E-state index in [-0.39, 0.29) is 5.82 Å². The molecule has 2 aromatic heterocycles. The number of benzene rings is 1. The lowest BCUT2D eigenvalue weighted by molar-refractivity contribution is 0.377. The second kappa shape index (κ2) is 5.20. The molecule has 102 valence electrons. The van der Waals surface area contributed by atoms with Crippen LogP contribution >= 0.6 is 0 Å². The normalized spacial score (nSPS) is 10.9. The maximum atomic E-state index is 13.3. The molecular weight excluding hydrogens is 261 g/mol. The number of aryl methyl sites for hydroxylation is 1. The first kappa shape index (κ1) is 12.5. The van der Waals surface area contributed by atoms with Crippen LogP contribution in [0.4, 0.5) is 10.2 Å². The van der Waals surface area contributed by atoms with Gasteiger partial charge in [0.15, 0.2) is 5.82 Å². The molecule has 1 aromatic carbocycles. The van der Waals surface area contributed by atoms with Gasteiger partial charge < -0.3 is 9.84 Å². The molecule has 20 heavy (non-hydrogen) atoms. The van der Waals surface area contributed by atoms with Crippen LogP contribution in [0.25, 0.3) is 10.9 Å². The highest BCUT2D eigenvalue weighted by Gasteiger charge is 2.06. The van der Waals surface area contributed by atoms with Gasteiger partial charge in [-0.15, -0.1) is 0 Å². The van der Waals surface area contributed by atoms with Crippen LogP contribution in [0.3, 0.4) is 0 Å². The summed E-state index contributed by atoms with van der Waals surface area (Å²) < 4.78 is 18.3. The largest absolute Gasteiger partial charge is 0.369 e. The molecular formula is C13H12FN5O. The van der Waals surface area contributed by atoms with Crippen molar-refractivity contribution in [2.75, 3.05) is 11.9 Å². The highest BCUT2D eigenvalue weighted by atomic mass is 19.1. The van der Waals surface area contributed by atoms with E-state index in [0.29, 0.717) is 41.4 Å². The van der Waals surface area contributed by atoms with Crippen molar-refractivity contribution in [2.24, 2.45) is 0 Å². The number of hydrogen-bond donors (Lipinski definition) is 1. The first-order chi connectivity index (χ1) is 9.72. The molecule has 3 aromatic rings. The molecule has 0 radical (unpaired) electrons. The topological polar surface area (TPSA) is 76.7 Å². The van der Waals surface area contributed by atoms with Crippen molar-refractivity contribution in [3.05, 3.63) is 42.1 Å². The third kappa shape index (κ3) is 2.56. The highest BCUT2D eigenvalue weighted by Crippen LogP contribution is 2.19. The highest BCUT2D eigenvalue weighted by molar-refractivity contribution is 5.88. The van der Waals surface area contributed by atoms with Gasteiger partial charge in [0.05, 0.1) is 5.52 Å². The smallest absolute Gasteiger partial charge is 0.228 e. The zero-order valence-corrected chi connectivity index (χ0v) is 10.8. The molecule has 0 amide bonds. The Balaban J connectivity index is 1.75. The van der Waals surface area contributed by atoms with Crippen LogP contribution in [0, 0.1) is 12.7 Å². The molecule has 0 aliphatic carbocycles. The molecule has 0 aliphatic rings. The number of nitrogens with zero attached hydrogens (tertiary/aromatic N) is 4. The van der Waals surface area contributed by atoms with Gasteiger partial charge in [-0.2, -0.15) is 4.98 Å². The fourth-order valence-corrected chi connectivity index (χ4v) is 1.90. The third-order valence-corrected chi connectivity index (χ3v) is 2.80. The van der Waals surface area contributed by atoms with E-state index in [1.807, 2.05) is 0 Å². The lowest BCUT2D eigenvalue weighted by atomic mass is 10.2. The summed E-state index contributed by atoms with van der Waals surface area (Å²) in [4.78, 5) is 12.3. The summed E-state index contributed by atoms with van der Waals surface area (Å²) in [5.41, 5.74) is 0.692. The van der Waals surface area contributed by atoms with Gasteiger partial charge in [-0.3, -0.25) is 0 Å². The van der Waals surface area contributed by atoms with Crippen molar-refractivity contribution in [1.29, 1.82) is 0 Å². The minimum atomic E-state index is -0.317. The SMILES string of the molecule is Cc1noc(CCNc2ncnc3ccc(F)cc23)n1. The Kier molecular flexibility index (Phi) is 3.24. The summed E-state index contributed by atoms with van der Waals surface area (Å²) in [5, 5.41) is 7.49. The molecule has 1 N–H and O–H groups in total. The molecule has 0 aliphatic heterocycles. The Bertz CT molecular complexity index is 742. The summed E-state index contributed by atoms with van der Waals surface area (Å²) in [7, 11) is 0. The average Bonchev–Trinajstić information content (AvgIpc) is 2.85. The maximum absolute atomic E-state index is 13.3. The van der Waals surface area contributed by atoms with Crippen LogP contribution in [0.5, 0.6) is 0 Å². The van der Waals surface area contributed by atoms with Crippen molar-refractivity contribution in [2.45, 2.75) is 13.3 Å². The van der Waals surface area contributed by atoms with E-state index in [4.69, 9.17) is 4.52 Å². The van der Waals surface area contributed by atoms with Crippen molar-refractivity contribution in [3.8, 4) is 0 Å². The second-order valence-corrected chi connectivity index (χ2v) is 4.30. The Labute approximate surface area is 114 Å². The molecule has 0 saturated carbocycles. The lowest BCUT2D eigenvalue weighted by Gasteiger charge is -2.06. The van der Waals surface area contributed by atoms with Crippen molar-refractivity contribution < 1.29 is 8.91 Å². The number of rotatable bonds is 4. The van der Waals surface area contributed by atoms with Crippen LogP contribution in [0.1, 0.15) is 11.7 Å². The Hall–Kier alpha value is -2.57.